The second kappa shape index (κ2) is 10.3. The van der Waals surface area contributed by atoms with Crippen LogP contribution in [0, 0.1) is 6.92 Å². The lowest BCUT2D eigenvalue weighted by Crippen LogP contribution is -2.26. The number of esters is 1. The molecule has 0 spiro atoms. The van der Waals surface area contributed by atoms with Crippen LogP contribution in [0.25, 0.3) is 0 Å². The third kappa shape index (κ3) is 5.00. The summed E-state index contributed by atoms with van der Waals surface area (Å²) in [5.41, 5.74) is 2.02. The van der Waals surface area contributed by atoms with Gasteiger partial charge < -0.3 is 24.3 Å². The lowest BCUT2D eigenvalue weighted by molar-refractivity contribution is -0.125. The fraction of sp³-hybridized carbons (Fsp3) is 0.200. The SMILES string of the molecule is COc1ccc(C)cc1NC(=O)C(OC(=O)c1c(OC)cccc1OC)c1ccccc1. The molecular formula is C25H25NO6. The molecule has 0 fully saturated rings. The summed E-state index contributed by atoms with van der Waals surface area (Å²) < 4.78 is 21.6. The topological polar surface area (TPSA) is 83.1 Å². The number of aryl methyl sites for hydroxylation is 1. The molecule has 0 radical (unpaired) electrons. The van der Waals surface area contributed by atoms with Crippen molar-refractivity contribution in [2.24, 2.45) is 0 Å². The van der Waals surface area contributed by atoms with Crippen LogP contribution < -0.4 is 19.5 Å². The van der Waals surface area contributed by atoms with E-state index < -0.39 is 18.0 Å². The fourth-order valence-corrected chi connectivity index (χ4v) is 3.24. The number of ether oxygens (including phenoxy) is 4. The maximum absolute atomic E-state index is 13.3. The minimum absolute atomic E-state index is 0.0966. The van der Waals surface area contributed by atoms with Gasteiger partial charge in [0.05, 0.1) is 27.0 Å². The Morgan fingerprint density at radius 2 is 1.41 bits per heavy atom. The van der Waals surface area contributed by atoms with Crippen LogP contribution in [0.5, 0.6) is 17.2 Å². The number of carbonyl (C=O) groups excluding carboxylic acids is 2. The number of methoxy groups -OCH3 is 3. The molecule has 7 heteroatoms. The van der Waals surface area contributed by atoms with Crippen LogP contribution in [-0.4, -0.2) is 33.2 Å². The highest BCUT2D eigenvalue weighted by Crippen LogP contribution is 2.32. The van der Waals surface area contributed by atoms with E-state index in [2.05, 4.69) is 5.32 Å². The van der Waals surface area contributed by atoms with E-state index in [4.69, 9.17) is 18.9 Å². The standard InChI is InChI=1S/C25H25NO6/c1-16-13-14-19(29-2)18(15-16)26-24(27)23(17-9-6-5-7-10-17)32-25(28)22-20(30-3)11-8-12-21(22)31-4/h5-15,23H,1-4H3,(H,26,27). The first-order chi connectivity index (χ1) is 15.5. The van der Waals surface area contributed by atoms with E-state index in [-0.39, 0.29) is 17.1 Å². The molecule has 3 aromatic carbocycles. The zero-order valence-electron chi connectivity index (χ0n) is 18.4. The predicted molar refractivity (Wildman–Crippen MR) is 121 cm³/mol. The molecule has 166 valence electrons. The summed E-state index contributed by atoms with van der Waals surface area (Å²) in [6, 6.07) is 19.1. The van der Waals surface area contributed by atoms with Crippen molar-refractivity contribution in [3.8, 4) is 17.2 Å². The van der Waals surface area contributed by atoms with Gasteiger partial charge in [-0.25, -0.2) is 4.79 Å². The summed E-state index contributed by atoms with van der Waals surface area (Å²) in [5, 5.41) is 2.81. The highest BCUT2D eigenvalue weighted by molar-refractivity contribution is 6.01. The number of nitrogens with one attached hydrogen (secondary N) is 1. The Balaban J connectivity index is 1.96. The maximum atomic E-state index is 13.3. The van der Waals surface area contributed by atoms with Gasteiger partial charge in [-0.3, -0.25) is 4.79 Å². The number of amides is 1. The number of hydrogen-bond acceptors (Lipinski definition) is 6. The first-order valence-corrected chi connectivity index (χ1v) is 9.91. The Morgan fingerprint density at radius 3 is 2.00 bits per heavy atom. The molecule has 3 rings (SSSR count). The summed E-state index contributed by atoms with van der Waals surface area (Å²) in [6.07, 6.45) is -1.22. The third-order valence-corrected chi connectivity index (χ3v) is 4.81. The lowest BCUT2D eigenvalue weighted by atomic mass is 10.1. The molecule has 0 saturated heterocycles. The van der Waals surface area contributed by atoms with Gasteiger partial charge in [0, 0.05) is 5.56 Å². The molecule has 0 bridgehead atoms. The van der Waals surface area contributed by atoms with Crippen LogP contribution in [0.15, 0.2) is 66.7 Å². The van der Waals surface area contributed by atoms with Crippen molar-refractivity contribution >= 4 is 17.6 Å². The minimum Gasteiger partial charge on any atom is -0.496 e. The summed E-state index contributed by atoms with van der Waals surface area (Å²) in [7, 11) is 4.40. The average molecular weight is 435 g/mol. The molecule has 0 heterocycles. The van der Waals surface area contributed by atoms with Crippen LogP contribution in [0.1, 0.15) is 27.6 Å². The minimum atomic E-state index is -1.22. The van der Waals surface area contributed by atoms with Gasteiger partial charge in [0.2, 0.25) is 6.10 Å². The number of rotatable bonds is 8. The van der Waals surface area contributed by atoms with E-state index in [0.717, 1.165) is 5.56 Å². The molecule has 7 nitrogen and oxygen atoms in total. The highest BCUT2D eigenvalue weighted by atomic mass is 16.6. The number of carbonyl (C=O) groups is 2. The van der Waals surface area contributed by atoms with Crippen molar-refractivity contribution in [1.29, 1.82) is 0 Å². The van der Waals surface area contributed by atoms with Crippen LogP contribution in [0.4, 0.5) is 5.69 Å². The first kappa shape index (κ1) is 22.7. The molecule has 1 unspecified atom stereocenters. The fourth-order valence-electron chi connectivity index (χ4n) is 3.24. The van der Waals surface area contributed by atoms with Crippen molar-refractivity contribution in [3.63, 3.8) is 0 Å². The van der Waals surface area contributed by atoms with E-state index in [1.165, 1.54) is 21.3 Å². The van der Waals surface area contributed by atoms with Crippen LogP contribution in [-0.2, 0) is 9.53 Å². The Bertz CT molecular complexity index is 1070. The van der Waals surface area contributed by atoms with Gasteiger partial charge in [-0.15, -0.1) is 0 Å². The molecular weight excluding hydrogens is 410 g/mol. The summed E-state index contributed by atoms with van der Waals surface area (Å²) in [5.74, 6) is -0.223. The van der Waals surface area contributed by atoms with Gasteiger partial charge in [-0.1, -0.05) is 42.5 Å². The van der Waals surface area contributed by atoms with Crippen molar-refractivity contribution < 1.29 is 28.5 Å². The first-order valence-electron chi connectivity index (χ1n) is 9.91. The van der Waals surface area contributed by atoms with E-state index in [1.54, 1.807) is 54.6 Å². The zero-order chi connectivity index (χ0) is 23.1. The van der Waals surface area contributed by atoms with Gasteiger partial charge in [0.1, 0.15) is 22.8 Å². The molecule has 1 N–H and O–H groups in total. The van der Waals surface area contributed by atoms with Gasteiger partial charge in [-0.2, -0.15) is 0 Å². The molecule has 0 saturated carbocycles. The predicted octanol–water partition coefficient (Wildman–Crippen LogP) is 4.56. The Kier molecular flexibility index (Phi) is 7.33. The molecule has 0 aromatic heterocycles. The van der Waals surface area contributed by atoms with Gasteiger partial charge in [0.15, 0.2) is 0 Å². The van der Waals surface area contributed by atoms with E-state index in [0.29, 0.717) is 17.0 Å². The summed E-state index contributed by atoms with van der Waals surface area (Å²) in [4.78, 5) is 26.4. The quantitative estimate of drug-likeness (QED) is 0.523. The molecule has 32 heavy (non-hydrogen) atoms. The number of benzene rings is 3. The van der Waals surface area contributed by atoms with Crippen LogP contribution >= 0.6 is 0 Å². The molecule has 1 amide bonds. The lowest BCUT2D eigenvalue weighted by Gasteiger charge is -2.20. The van der Waals surface area contributed by atoms with Crippen molar-refractivity contribution in [3.05, 3.63) is 83.4 Å². The van der Waals surface area contributed by atoms with Crippen LogP contribution in [0.2, 0.25) is 0 Å². The normalized spacial score (nSPS) is 11.2. The van der Waals surface area contributed by atoms with E-state index in [9.17, 15) is 9.59 Å². The van der Waals surface area contributed by atoms with Crippen molar-refractivity contribution in [2.45, 2.75) is 13.0 Å². The second-order valence-electron chi connectivity index (χ2n) is 6.93. The smallest absolute Gasteiger partial charge is 0.346 e. The third-order valence-electron chi connectivity index (χ3n) is 4.81. The molecule has 1 atom stereocenters. The molecule has 3 aromatic rings. The van der Waals surface area contributed by atoms with Crippen molar-refractivity contribution in [1.82, 2.24) is 0 Å². The highest BCUT2D eigenvalue weighted by Gasteiger charge is 2.29. The molecule has 0 aliphatic rings. The maximum Gasteiger partial charge on any atom is 0.346 e. The largest absolute Gasteiger partial charge is 0.496 e. The zero-order valence-corrected chi connectivity index (χ0v) is 18.4. The number of anilines is 1. The Hall–Kier alpha value is -4.00. The van der Waals surface area contributed by atoms with Gasteiger partial charge in [-0.05, 0) is 36.8 Å². The summed E-state index contributed by atoms with van der Waals surface area (Å²) in [6.45, 7) is 1.90. The van der Waals surface area contributed by atoms with Gasteiger partial charge >= 0.3 is 5.97 Å². The van der Waals surface area contributed by atoms with Crippen molar-refractivity contribution in [2.75, 3.05) is 26.6 Å². The van der Waals surface area contributed by atoms with Gasteiger partial charge in [0.25, 0.3) is 5.91 Å². The average Bonchev–Trinajstić information content (AvgIpc) is 2.82. The monoisotopic (exact) mass is 435 g/mol. The van der Waals surface area contributed by atoms with E-state index in [1.807, 2.05) is 19.1 Å². The molecule has 0 aliphatic carbocycles. The summed E-state index contributed by atoms with van der Waals surface area (Å²) >= 11 is 0. The second-order valence-corrected chi connectivity index (χ2v) is 6.93. The molecule has 0 aliphatic heterocycles. The Labute approximate surface area is 186 Å². The van der Waals surface area contributed by atoms with E-state index >= 15 is 0 Å². The number of hydrogen-bond donors (Lipinski definition) is 1. The Morgan fingerprint density at radius 1 is 0.781 bits per heavy atom. The van der Waals surface area contributed by atoms with Crippen LogP contribution in [0.3, 0.4) is 0 Å².